The summed E-state index contributed by atoms with van der Waals surface area (Å²) in [6, 6.07) is 18.1. The lowest BCUT2D eigenvalue weighted by atomic mass is 9.88. The Balaban J connectivity index is 0.993. The molecule has 82 heavy (non-hydrogen) atoms. The number of Topliss-reactive ketones (excluding diaryl/α,β-unsaturated/α-hetero) is 1. The van der Waals surface area contributed by atoms with Crippen LogP contribution in [0, 0.1) is 5.92 Å². The van der Waals surface area contributed by atoms with Gasteiger partial charge >= 0.3 is 26.1 Å². The number of halogens is 1. The molecule has 8 rings (SSSR count). The molecular weight excluding hydrogens is 1120 g/mol. The Morgan fingerprint density at radius 3 is 2.04 bits per heavy atom. The van der Waals surface area contributed by atoms with E-state index >= 15 is 0 Å². The first-order chi connectivity index (χ1) is 38.8. The van der Waals surface area contributed by atoms with Crippen LogP contribution >= 0.6 is 34.7 Å². The van der Waals surface area contributed by atoms with Gasteiger partial charge in [0.2, 0.25) is 11.5 Å². The quantitative estimate of drug-likeness (QED) is 0.0176. The van der Waals surface area contributed by atoms with Crippen molar-refractivity contribution >= 4 is 89.2 Å². The molecule has 1 spiro atoms. The number of β-lactam (4-membered cyclic amide) rings is 1. The zero-order chi connectivity index (χ0) is 59.4. The van der Waals surface area contributed by atoms with E-state index in [0.717, 1.165) is 54.0 Å². The molecule has 1 aliphatic carbocycles. The summed E-state index contributed by atoms with van der Waals surface area (Å²) in [5, 5.41) is 10.8. The van der Waals surface area contributed by atoms with Crippen molar-refractivity contribution in [1.82, 2.24) is 15.2 Å². The average molecular weight is 1180 g/mol. The second kappa shape index (κ2) is 25.0. The highest BCUT2D eigenvalue weighted by atomic mass is 35.5. The number of hydrogen-bond acceptors (Lipinski definition) is 18. The van der Waals surface area contributed by atoms with Gasteiger partial charge in [-0.25, -0.2) is 19.4 Å². The number of aromatic nitrogens is 1. The topological polar surface area (TPSA) is 229 Å². The van der Waals surface area contributed by atoms with Crippen LogP contribution in [-0.4, -0.2) is 138 Å². The Morgan fingerprint density at radius 1 is 0.854 bits per heavy atom. The first-order valence-corrected chi connectivity index (χ1v) is 29.0. The Hall–Kier alpha value is -6.82. The number of carbonyl (C=O) groups is 6. The number of esters is 1. The molecular formula is C58H69BClN6O14S2+. The van der Waals surface area contributed by atoms with Crippen molar-refractivity contribution in [3.63, 3.8) is 0 Å². The molecule has 3 amide bonds. The highest BCUT2D eigenvalue weighted by Crippen LogP contribution is 2.64. The fourth-order valence-electron chi connectivity index (χ4n) is 9.77. The van der Waals surface area contributed by atoms with Gasteiger partial charge in [0.05, 0.1) is 62.3 Å². The van der Waals surface area contributed by atoms with Gasteiger partial charge in [-0.15, -0.1) is 23.1 Å². The van der Waals surface area contributed by atoms with Crippen molar-refractivity contribution in [2.75, 3.05) is 52.3 Å². The maximum atomic E-state index is 14.5. The number of nitrogens with zero attached hydrogens (tertiary/aromatic N) is 4. The smallest absolute Gasteiger partial charge is 0.413 e. The Morgan fingerprint density at radius 2 is 1.46 bits per heavy atom. The molecule has 3 fully saturated rings. The highest BCUT2D eigenvalue weighted by molar-refractivity contribution is 8.01. The number of anilines is 1. The van der Waals surface area contributed by atoms with Gasteiger partial charge in [-0.3, -0.25) is 24.6 Å². The number of methoxy groups -OCH3 is 2. The summed E-state index contributed by atoms with van der Waals surface area (Å²) in [6.45, 7) is 16.0. The van der Waals surface area contributed by atoms with Gasteiger partial charge in [0.25, 0.3) is 5.91 Å². The lowest BCUT2D eigenvalue weighted by molar-refractivity contribution is -0.911. The summed E-state index contributed by atoms with van der Waals surface area (Å²) in [7, 11) is 8.82. The number of quaternary nitrogens is 1. The van der Waals surface area contributed by atoms with Crippen LogP contribution in [0.3, 0.4) is 0 Å². The number of amides is 3. The van der Waals surface area contributed by atoms with Crippen LogP contribution in [0.4, 0.5) is 9.93 Å². The fourth-order valence-corrected chi connectivity index (χ4v) is 12.5. The van der Waals surface area contributed by atoms with Crippen LogP contribution in [0.25, 0.3) is 0 Å². The van der Waals surface area contributed by atoms with Crippen molar-refractivity contribution in [2.45, 2.75) is 128 Å². The number of benzene rings is 3. The molecule has 2 radical (unpaired) electrons. The number of hydrogen-bond donors (Lipinski definition) is 2. The molecule has 2 saturated heterocycles. The molecule has 0 bridgehead atoms. The van der Waals surface area contributed by atoms with E-state index in [1.807, 2.05) is 48.5 Å². The van der Waals surface area contributed by atoms with Crippen molar-refractivity contribution in [3.8, 4) is 23.0 Å². The van der Waals surface area contributed by atoms with E-state index in [9.17, 15) is 28.8 Å². The van der Waals surface area contributed by atoms with Crippen LogP contribution in [0.2, 0.25) is 5.02 Å². The SMILES string of the molecule is [B]OC(=O)C1=C(C[N+]2(CCNC(=O)c3ccc(OCc4ccc(OC)cc4)c(OCc4ccc(OC)cc4)c3Cl)CCCC2)C2(CC2)S[C@@H]2[C@H](CC(=O)/C(=N\OC(C)(C)C(=O)OC(C)(C)C)c3csc(NC(=O)OC(C)(C)C)n3)C(=O)N12. The number of thioether (sulfide) groups is 1. The minimum absolute atomic E-state index is 0.0110. The van der Waals surface area contributed by atoms with E-state index in [0.29, 0.717) is 47.7 Å². The van der Waals surface area contributed by atoms with Gasteiger partial charge in [0.15, 0.2) is 28.1 Å². The number of likely N-dealkylation sites (tertiary alicyclic amines) is 1. The van der Waals surface area contributed by atoms with Crippen molar-refractivity contribution < 1.29 is 71.2 Å². The zero-order valence-electron chi connectivity index (χ0n) is 47.8. The monoisotopic (exact) mass is 1180 g/mol. The van der Waals surface area contributed by atoms with Gasteiger partial charge in [0.1, 0.15) is 53.9 Å². The number of fused-ring (bicyclic) bond motifs is 1. The minimum atomic E-state index is -1.67. The molecule has 4 heterocycles. The van der Waals surface area contributed by atoms with Gasteiger partial charge in [-0.1, -0.05) is 41.0 Å². The first-order valence-electron chi connectivity index (χ1n) is 26.9. The Bertz CT molecular complexity index is 3130. The molecule has 1 saturated carbocycles. The number of nitrogens with one attached hydrogen (secondary N) is 2. The maximum absolute atomic E-state index is 14.5. The van der Waals surface area contributed by atoms with Gasteiger partial charge in [-0.2, -0.15) is 0 Å². The standard InChI is InChI=1S/C58H68BClN6O14S2/c1-55(2,3)77-52(71)57(7,8)80-64-45(41-33-81-53(62-41)63-54(72)78-56(4,5)6)42(67)29-39-49(69)65-46(51(70)79-59)40(58(23-24-58)82-50(39)65)30-66(26-11-12-27-66)28-25-61-48(68)38-21-22-43(75-31-34-13-17-36(73-9)18-14-34)47(44(38)60)76-32-35-15-19-37(74-10)20-16-35/h13-22,33,39,50H,11-12,23-32H2,1-10H3,(H-,61,62,63,68,72)/p+1/b64-45-/t39-,50-/m1/s1. The molecule has 4 aromatic rings. The van der Waals surface area contributed by atoms with Crippen LogP contribution in [0.1, 0.15) is 115 Å². The number of carbonyl (C=O) groups excluding carboxylic acids is 6. The third-order valence-electron chi connectivity index (χ3n) is 14.1. The van der Waals surface area contributed by atoms with E-state index in [4.69, 9.17) is 57.6 Å². The van der Waals surface area contributed by atoms with Gasteiger partial charge in [0, 0.05) is 35.0 Å². The maximum Gasteiger partial charge on any atom is 0.413 e. The van der Waals surface area contributed by atoms with Gasteiger partial charge in [-0.05, 0) is 116 Å². The number of rotatable bonds is 23. The lowest BCUT2D eigenvalue weighted by Gasteiger charge is -2.53. The number of ether oxygens (including phenoxy) is 6. The van der Waals surface area contributed by atoms with Crippen molar-refractivity contribution in [3.05, 3.63) is 105 Å². The second-order valence-corrected chi connectivity index (χ2v) is 25.8. The fraction of sp³-hybridized carbons (Fsp3) is 0.483. The van der Waals surface area contributed by atoms with E-state index in [-0.39, 0.29) is 64.7 Å². The van der Waals surface area contributed by atoms with Crippen LogP contribution < -0.4 is 29.6 Å². The molecule has 20 nitrogen and oxygen atoms in total. The molecule has 2 N–H and O–H groups in total. The lowest BCUT2D eigenvalue weighted by Crippen LogP contribution is -2.64. The zero-order valence-corrected chi connectivity index (χ0v) is 50.2. The third kappa shape index (κ3) is 14.5. The van der Waals surface area contributed by atoms with Gasteiger partial charge < -0.3 is 47.7 Å². The van der Waals surface area contributed by atoms with Crippen LogP contribution in [-0.2, 0) is 51.4 Å². The largest absolute Gasteiger partial charge is 0.539 e. The Kier molecular flexibility index (Phi) is 18.6. The van der Waals surface area contributed by atoms with E-state index in [1.165, 1.54) is 35.9 Å². The average Bonchev–Trinajstić information content (AvgIpc) is 2.14. The second-order valence-electron chi connectivity index (χ2n) is 23.0. The van der Waals surface area contributed by atoms with Crippen LogP contribution in [0.5, 0.6) is 23.0 Å². The molecule has 1 aromatic heterocycles. The molecule has 2 atom stereocenters. The Labute approximate surface area is 491 Å². The van der Waals surface area contributed by atoms with Crippen LogP contribution in [0.15, 0.2) is 82.5 Å². The van der Waals surface area contributed by atoms with Crippen molar-refractivity contribution in [1.29, 1.82) is 0 Å². The summed E-state index contributed by atoms with van der Waals surface area (Å²) < 4.78 is 38.9. The number of thiazole rings is 1. The summed E-state index contributed by atoms with van der Waals surface area (Å²) in [5.41, 5.74) is -0.937. The predicted molar refractivity (Wildman–Crippen MR) is 309 cm³/mol. The molecule has 24 heteroatoms. The van der Waals surface area contributed by atoms with Crippen molar-refractivity contribution in [2.24, 2.45) is 11.1 Å². The summed E-state index contributed by atoms with van der Waals surface area (Å²) >= 11 is 9.57. The molecule has 4 aliphatic rings. The summed E-state index contributed by atoms with van der Waals surface area (Å²) in [4.78, 5) is 94.5. The predicted octanol–water partition coefficient (Wildman–Crippen LogP) is 9.10. The van der Waals surface area contributed by atoms with E-state index < -0.39 is 68.5 Å². The molecule has 3 aromatic carbocycles. The summed E-state index contributed by atoms with van der Waals surface area (Å²) in [5.74, 6) is -2.17. The normalized spacial score (nSPS) is 18.2. The minimum Gasteiger partial charge on any atom is -0.539 e. The molecule has 436 valence electrons. The van der Waals surface area contributed by atoms with E-state index in [1.54, 1.807) is 67.9 Å². The number of oxime groups is 1. The van der Waals surface area contributed by atoms with E-state index in [2.05, 4.69) is 20.8 Å². The summed E-state index contributed by atoms with van der Waals surface area (Å²) in [6.07, 6.45) is 2.03. The number of ketones is 1. The molecule has 0 unspecified atom stereocenters. The molecule has 3 aliphatic heterocycles. The highest BCUT2D eigenvalue weighted by Gasteiger charge is 2.65. The first kappa shape index (κ1) is 61.3. The third-order valence-corrected chi connectivity index (χ3v) is 17.2.